The average molecular weight is 451 g/mol. The van der Waals surface area contributed by atoms with E-state index in [2.05, 4.69) is 4.90 Å². The molecule has 1 amide bonds. The molecule has 3 rings (SSSR count). The fourth-order valence-electron chi connectivity index (χ4n) is 3.32. The summed E-state index contributed by atoms with van der Waals surface area (Å²) >= 11 is 3.45. The molecule has 1 atom stereocenters. The Balaban J connectivity index is 1.56. The number of amides is 1. The molecule has 1 aliphatic heterocycles. The maximum absolute atomic E-state index is 12.5. The van der Waals surface area contributed by atoms with E-state index in [1.54, 1.807) is 30.6 Å². The van der Waals surface area contributed by atoms with Crippen LogP contribution >= 0.6 is 23.5 Å². The summed E-state index contributed by atoms with van der Waals surface area (Å²) in [5, 5.41) is 0.0125. The van der Waals surface area contributed by atoms with E-state index in [-0.39, 0.29) is 11.3 Å². The molecule has 0 saturated carbocycles. The second kappa shape index (κ2) is 11.0. The lowest BCUT2D eigenvalue weighted by Gasteiger charge is -2.24. The predicted molar refractivity (Wildman–Crippen MR) is 123 cm³/mol. The Bertz CT molecular complexity index is 840. The fraction of sp³-hybridized carbons (Fsp3) is 0.500. The predicted octanol–water partition coefficient (Wildman–Crippen LogP) is 4.26. The van der Waals surface area contributed by atoms with Gasteiger partial charge >= 0.3 is 0 Å². The van der Waals surface area contributed by atoms with Crippen molar-refractivity contribution in [1.82, 2.24) is 9.80 Å². The molecule has 6 nitrogen and oxygen atoms in total. The van der Waals surface area contributed by atoms with Gasteiger partial charge in [0.2, 0.25) is 5.91 Å². The molecule has 0 N–H and O–H groups in total. The summed E-state index contributed by atoms with van der Waals surface area (Å²) in [6.07, 6.45) is 0. The van der Waals surface area contributed by atoms with Gasteiger partial charge in [-0.25, -0.2) is 0 Å². The van der Waals surface area contributed by atoms with E-state index in [0.29, 0.717) is 24.7 Å². The zero-order valence-electron chi connectivity index (χ0n) is 18.1. The SMILES string of the molecule is CCOc1cc(C2SCC(=O)N2CCSCc2ccc(CN(C)C)o2)ccc1OC. The zero-order chi connectivity index (χ0) is 21.5. The lowest BCUT2D eigenvalue weighted by Crippen LogP contribution is -2.30. The van der Waals surface area contributed by atoms with Gasteiger partial charge in [0.25, 0.3) is 0 Å². The maximum atomic E-state index is 12.5. The molecule has 1 aromatic heterocycles. The first-order chi connectivity index (χ1) is 14.5. The van der Waals surface area contributed by atoms with E-state index in [0.717, 1.165) is 40.9 Å². The lowest BCUT2D eigenvalue weighted by molar-refractivity contribution is -0.127. The summed E-state index contributed by atoms with van der Waals surface area (Å²) in [5.74, 6) is 5.76. The van der Waals surface area contributed by atoms with Crippen LogP contribution in [0.3, 0.4) is 0 Å². The van der Waals surface area contributed by atoms with E-state index in [1.165, 1.54) is 0 Å². The van der Waals surface area contributed by atoms with Crippen molar-refractivity contribution >= 4 is 29.4 Å². The zero-order valence-corrected chi connectivity index (χ0v) is 19.7. The minimum Gasteiger partial charge on any atom is -0.493 e. The van der Waals surface area contributed by atoms with E-state index >= 15 is 0 Å². The van der Waals surface area contributed by atoms with Gasteiger partial charge in [-0.15, -0.1) is 11.8 Å². The van der Waals surface area contributed by atoms with Crippen molar-refractivity contribution in [2.45, 2.75) is 24.6 Å². The van der Waals surface area contributed by atoms with Crippen molar-refractivity contribution < 1.29 is 18.7 Å². The summed E-state index contributed by atoms with van der Waals surface area (Å²) in [6, 6.07) is 10.0. The van der Waals surface area contributed by atoms with Gasteiger partial charge in [-0.2, -0.15) is 11.8 Å². The number of thioether (sulfide) groups is 2. The van der Waals surface area contributed by atoms with Crippen LogP contribution in [0.25, 0.3) is 0 Å². The Morgan fingerprint density at radius 2 is 2.03 bits per heavy atom. The third kappa shape index (κ3) is 5.89. The molecule has 2 aromatic rings. The van der Waals surface area contributed by atoms with E-state index in [4.69, 9.17) is 13.9 Å². The van der Waals surface area contributed by atoms with Gasteiger partial charge in [-0.05, 0) is 50.8 Å². The van der Waals surface area contributed by atoms with Crippen LogP contribution in [0.5, 0.6) is 11.5 Å². The molecule has 0 aliphatic carbocycles. The number of hydrogen-bond donors (Lipinski definition) is 0. The van der Waals surface area contributed by atoms with Crippen LogP contribution < -0.4 is 9.47 Å². The minimum absolute atomic E-state index is 0.0125. The Kier molecular flexibility index (Phi) is 8.41. The number of ether oxygens (including phenoxy) is 2. The highest BCUT2D eigenvalue weighted by atomic mass is 32.2. The van der Waals surface area contributed by atoms with Gasteiger partial charge in [0.15, 0.2) is 11.5 Å². The molecule has 1 saturated heterocycles. The van der Waals surface area contributed by atoms with Crippen LogP contribution in [0, 0.1) is 0 Å². The van der Waals surface area contributed by atoms with E-state index < -0.39 is 0 Å². The van der Waals surface area contributed by atoms with Gasteiger partial charge in [0, 0.05) is 12.3 Å². The summed E-state index contributed by atoms with van der Waals surface area (Å²) in [7, 11) is 5.69. The molecular formula is C22H30N2O4S2. The standard InChI is InChI=1S/C22H30N2O4S2/c1-5-27-20-12-16(6-9-19(20)26-4)22-24(21(25)15-30-22)10-11-29-14-18-8-7-17(28-18)13-23(2)3/h6-9,12,22H,5,10-11,13-15H2,1-4H3. The van der Waals surface area contributed by atoms with Crippen LogP contribution in [0.1, 0.15) is 29.4 Å². The summed E-state index contributed by atoms with van der Waals surface area (Å²) in [4.78, 5) is 16.5. The normalized spacial score (nSPS) is 16.5. The summed E-state index contributed by atoms with van der Waals surface area (Å²) < 4.78 is 17.0. The summed E-state index contributed by atoms with van der Waals surface area (Å²) in [5.41, 5.74) is 1.07. The Labute approximate surface area is 187 Å². The average Bonchev–Trinajstić information content (AvgIpc) is 3.31. The molecule has 1 fully saturated rings. The van der Waals surface area contributed by atoms with E-state index in [1.807, 2.05) is 56.3 Å². The number of carbonyl (C=O) groups excluding carboxylic acids is 1. The van der Waals surface area contributed by atoms with Crippen molar-refractivity contribution in [3.63, 3.8) is 0 Å². The molecule has 2 heterocycles. The first-order valence-corrected chi connectivity index (χ1v) is 12.2. The van der Waals surface area contributed by atoms with Crippen LogP contribution in [-0.4, -0.2) is 61.6 Å². The third-order valence-electron chi connectivity index (χ3n) is 4.65. The van der Waals surface area contributed by atoms with Crippen molar-refractivity contribution in [2.75, 3.05) is 45.9 Å². The van der Waals surface area contributed by atoms with Crippen molar-refractivity contribution in [1.29, 1.82) is 0 Å². The third-order valence-corrected chi connectivity index (χ3v) is 6.87. The maximum Gasteiger partial charge on any atom is 0.233 e. The molecule has 164 valence electrons. The largest absolute Gasteiger partial charge is 0.493 e. The topological polar surface area (TPSA) is 55.2 Å². The van der Waals surface area contributed by atoms with Crippen LogP contribution in [0.2, 0.25) is 0 Å². The second-order valence-electron chi connectivity index (χ2n) is 7.25. The number of carbonyl (C=O) groups is 1. The fourth-order valence-corrected chi connectivity index (χ4v) is 5.35. The number of methoxy groups -OCH3 is 1. The number of benzene rings is 1. The lowest BCUT2D eigenvalue weighted by atomic mass is 10.2. The molecule has 0 spiro atoms. The Morgan fingerprint density at radius 1 is 1.23 bits per heavy atom. The Morgan fingerprint density at radius 3 is 2.77 bits per heavy atom. The first kappa shape index (κ1) is 22.9. The minimum atomic E-state index is 0.0125. The number of furan rings is 1. The molecule has 0 bridgehead atoms. The molecular weight excluding hydrogens is 420 g/mol. The quantitative estimate of drug-likeness (QED) is 0.474. The molecule has 1 unspecified atom stereocenters. The van der Waals surface area contributed by atoms with Gasteiger partial charge in [-0.3, -0.25) is 4.79 Å². The highest BCUT2D eigenvalue weighted by molar-refractivity contribution is 8.00. The molecule has 0 radical (unpaired) electrons. The summed E-state index contributed by atoms with van der Waals surface area (Å²) in [6.45, 7) is 4.03. The smallest absolute Gasteiger partial charge is 0.233 e. The van der Waals surface area contributed by atoms with E-state index in [9.17, 15) is 4.79 Å². The molecule has 1 aromatic carbocycles. The van der Waals surface area contributed by atoms with Gasteiger partial charge in [0.05, 0.1) is 31.8 Å². The van der Waals surface area contributed by atoms with Gasteiger partial charge in [-0.1, -0.05) is 6.07 Å². The molecule has 8 heteroatoms. The van der Waals surface area contributed by atoms with Gasteiger partial charge in [0.1, 0.15) is 16.9 Å². The molecule has 1 aliphatic rings. The van der Waals surface area contributed by atoms with Gasteiger partial charge < -0.3 is 23.7 Å². The van der Waals surface area contributed by atoms with Crippen molar-refractivity contribution in [3.8, 4) is 11.5 Å². The van der Waals surface area contributed by atoms with Crippen LogP contribution in [0.4, 0.5) is 0 Å². The van der Waals surface area contributed by atoms with Crippen molar-refractivity contribution in [2.24, 2.45) is 0 Å². The van der Waals surface area contributed by atoms with Crippen molar-refractivity contribution in [3.05, 3.63) is 47.4 Å². The highest BCUT2D eigenvalue weighted by Crippen LogP contribution is 2.41. The monoisotopic (exact) mass is 450 g/mol. The highest BCUT2D eigenvalue weighted by Gasteiger charge is 2.32. The second-order valence-corrected chi connectivity index (χ2v) is 9.43. The Hall–Kier alpha value is -1.77. The van der Waals surface area contributed by atoms with Crippen LogP contribution in [-0.2, 0) is 17.1 Å². The van der Waals surface area contributed by atoms with Crippen LogP contribution in [0.15, 0.2) is 34.7 Å². The number of rotatable bonds is 11. The first-order valence-electron chi connectivity index (χ1n) is 10.0. The molecule has 30 heavy (non-hydrogen) atoms. The number of nitrogens with zero attached hydrogens (tertiary/aromatic N) is 2. The number of hydrogen-bond acceptors (Lipinski definition) is 7.